The summed E-state index contributed by atoms with van der Waals surface area (Å²) in [5, 5.41) is 12.5. The molecule has 1 saturated heterocycles. The Morgan fingerprint density at radius 2 is 2.03 bits per heavy atom. The summed E-state index contributed by atoms with van der Waals surface area (Å²) in [6.45, 7) is 2.63. The number of carbonyl (C=O) groups is 1. The van der Waals surface area contributed by atoms with Crippen molar-refractivity contribution in [1.82, 2.24) is 24.5 Å². The highest BCUT2D eigenvalue weighted by atomic mass is 35.5. The monoisotopic (exact) mass is 442 g/mol. The predicted molar refractivity (Wildman–Crippen MR) is 117 cm³/mol. The van der Waals surface area contributed by atoms with Crippen LogP contribution in [0.5, 0.6) is 0 Å². The second-order valence-corrected chi connectivity index (χ2v) is 8.42. The van der Waals surface area contributed by atoms with E-state index in [4.69, 9.17) is 21.3 Å². The molecule has 30 heavy (non-hydrogen) atoms. The zero-order valence-electron chi connectivity index (χ0n) is 16.3. The van der Waals surface area contributed by atoms with Crippen LogP contribution in [0.25, 0.3) is 27.3 Å². The average Bonchev–Trinajstić information content (AvgIpc) is 3.43. The third-order valence-corrected chi connectivity index (χ3v) is 6.31. The van der Waals surface area contributed by atoms with Crippen LogP contribution in [-0.2, 0) is 9.53 Å². The minimum Gasteiger partial charge on any atom is -0.375 e. The number of fused-ring (bicyclic) bond motifs is 3. The maximum atomic E-state index is 12.2. The number of methoxy groups -OCH3 is 1. The van der Waals surface area contributed by atoms with Gasteiger partial charge in [0.2, 0.25) is 11.9 Å². The van der Waals surface area contributed by atoms with Gasteiger partial charge in [-0.2, -0.15) is 0 Å². The van der Waals surface area contributed by atoms with E-state index in [2.05, 4.69) is 15.1 Å². The Hall–Kier alpha value is -2.75. The van der Waals surface area contributed by atoms with Gasteiger partial charge < -0.3 is 14.5 Å². The Bertz CT molecular complexity index is 1220. The van der Waals surface area contributed by atoms with Gasteiger partial charge in [0.15, 0.2) is 11.5 Å². The summed E-state index contributed by atoms with van der Waals surface area (Å²) in [4.78, 5) is 22.1. The SMILES string of the molecule is COCC(=O)N1CCN(c2nc3cc(Cl)ccc3c3nnc(-c4cccs4)n23)CC1. The molecule has 4 heterocycles. The Morgan fingerprint density at radius 3 is 2.77 bits per heavy atom. The normalized spacial score (nSPS) is 14.7. The lowest BCUT2D eigenvalue weighted by molar-refractivity contribution is -0.135. The summed E-state index contributed by atoms with van der Waals surface area (Å²) in [6.07, 6.45) is 0. The fraction of sp³-hybridized carbons (Fsp3) is 0.300. The lowest BCUT2D eigenvalue weighted by Gasteiger charge is -2.35. The number of piperazine rings is 1. The fourth-order valence-corrected chi connectivity index (χ4v) is 4.61. The van der Waals surface area contributed by atoms with Crippen molar-refractivity contribution in [1.29, 1.82) is 0 Å². The highest BCUT2D eigenvalue weighted by molar-refractivity contribution is 7.13. The van der Waals surface area contributed by atoms with Gasteiger partial charge in [-0.1, -0.05) is 17.7 Å². The molecule has 4 aromatic rings. The highest BCUT2D eigenvalue weighted by Gasteiger charge is 2.26. The molecule has 0 radical (unpaired) electrons. The molecule has 5 rings (SSSR count). The van der Waals surface area contributed by atoms with Crippen LogP contribution < -0.4 is 4.90 Å². The summed E-state index contributed by atoms with van der Waals surface area (Å²) in [6, 6.07) is 9.63. The number of anilines is 1. The smallest absolute Gasteiger partial charge is 0.248 e. The molecular formula is C20H19ClN6O2S. The molecule has 0 bridgehead atoms. The fourth-order valence-electron chi connectivity index (χ4n) is 3.74. The summed E-state index contributed by atoms with van der Waals surface area (Å²) in [7, 11) is 1.53. The van der Waals surface area contributed by atoms with Crippen LogP contribution in [0.1, 0.15) is 0 Å². The summed E-state index contributed by atoms with van der Waals surface area (Å²) in [5.74, 6) is 1.52. The predicted octanol–water partition coefficient (Wildman–Crippen LogP) is 2.95. The van der Waals surface area contributed by atoms with Gasteiger partial charge in [0.1, 0.15) is 6.61 Å². The molecule has 1 aliphatic rings. The topological polar surface area (TPSA) is 75.9 Å². The van der Waals surface area contributed by atoms with Gasteiger partial charge >= 0.3 is 0 Å². The van der Waals surface area contributed by atoms with Crippen LogP contribution in [0.4, 0.5) is 5.95 Å². The van der Waals surface area contributed by atoms with Crippen molar-refractivity contribution < 1.29 is 9.53 Å². The standard InChI is InChI=1S/C20H19ClN6O2S/c1-29-12-17(28)25-6-8-26(9-7-25)20-22-15-11-13(21)4-5-14(15)18-23-24-19(27(18)20)16-3-2-10-30-16/h2-5,10-11H,6-9,12H2,1H3. The molecular weight excluding hydrogens is 424 g/mol. The molecule has 0 saturated carbocycles. The molecule has 0 spiro atoms. The van der Waals surface area contributed by atoms with E-state index in [0.29, 0.717) is 31.2 Å². The maximum absolute atomic E-state index is 12.2. The number of ether oxygens (including phenoxy) is 1. The van der Waals surface area contributed by atoms with Crippen molar-refractivity contribution in [3.8, 4) is 10.7 Å². The largest absolute Gasteiger partial charge is 0.375 e. The summed E-state index contributed by atoms with van der Waals surface area (Å²) < 4.78 is 6.99. The first-order chi connectivity index (χ1) is 14.7. The third-order valence-electron chi connectivity index (χ3n) is 5.21. The summed E-state index contributed by atoms with van der Waals surface area (Å²) >= 11 is 7.84. The lowest BCUT2D eigenvalue weighted by atomic mass is 10.2. The van der Waals surface area contributed by atoms with E-state index in [9.17, 15) is 4.79 Å². The van der Waals surface area contributed by atoms with E-state index in [1.54, 1.807) is 11.3 Å². The van der Waals surface area contributed by atoms with Crippen molar-refractivity contribution in [2.75, 3.05) is 44.8 Å². The van der Waals surface area contributed by atoms with Gasteiger partial charge in [-0.25, -0.2) is 9.38 Å². The van der Waals surface area contributed by atoms with Gasteiger partial charge in [-0.15, -0.1) is 21.5 Å². The van der Waals surface area contributed by atoms with E-state index in [0.717, 1.165) is 33.2 Å². The van der Waals surface area contributed by atoms with Gasteiger partial charge in [0.25, 0.3) is 0 Å². The number of rotatable bonds is 4. The maximum Gasteiger partial charge on any atom is 0.248 e. The molecule has 1 fully saturated rings. The zero-order valence-corrected chi connectivity index (χ0v) is 17.9. The minimum atomic E-state index is 0.00382. The molecule has 0 N–H and O–H groups in total. The van der Waals surface area contributed by atoms with Crippen LogP contribution in [0.3, 0.4) is 0 Å². The van der Waals surface area contributed by atoms with Crippen molar-refractivity contribution in [2.24, 2.45) is 0 Å². The quantitative estimate of drug-likeness (QED) is 0.483. The molecule has 1 aromatic carbocycles. The number of amides is 1. The average molecular weight is 443 g/mol. The van der Waals surface area contributed by atoms with Gasteiger partial charge in [-0.05, 0) is 29.6 Å². The first-order valence-corrected chi connectivity index (χ1v) is 10.8. The lowest BCUT2D eigenvalue weighted by Crippen LogP contribution is -2.50. The zero-order chi connectivity index (χ0) is 20.7. The first kappa shape index (κ1) is 19.2. The molecule has 10 heteroatoms. The van der Waals surface area contributed by atoms with Crippen LogP contribution in [0, 0.1) is 0 Å². The molecule has 3 aromatic heterocycles. The van der Waals surface area contributed by atoms with Crippen LogP contribution in [0.2, 0.25) is 5.02 Å². The number of hydrogen-bond acceptors (Lipinski definition) is 7. The van der Waals surface area contributed by atoms with Crippen molar-refractivity contribution in [3.05, 3.63) is 40.7 Å². The van der Waals surface area contributed by atoms with E-state index >= 15 is 0 Å². The van der Waals surface area contributed by atoms with E-state index in [1.807, 2.05) is 45.0 Å². The number of benzene rings is 1. The minimum absolute atomic E-state index is 0.00382. The number of carbonyl (C=O) groups excluding carboxylic acids is 1. The van der Waals surface area contributed by atoms with Crippen molar-refractivity contribution in [3.63, 3.8) is 0 Å². The van der Waals surface area contributed by atoms with Crippen molar-refractivity contribution >= 4 is 51.3 Å². The van der Waals surface area contributed by atoms with Gasteiger partial charge in [0.05, 0.1) is 10.4 Å². The number of hydrogen-bond donors (Lipinski definition) is 0. The van der Waals surface area contributed by atoms with E-state index in [1.165, 1.54) is 7.11 Å². The Kier molecular flexibility index (Phi) is 5.01. The molecule has 154 valence electrons. The molecule has 0 unspecified atom stereocenters. The van der Waals surface area contributed by atoms with Crippen LogP contribution in [0.15, 0.2) is 35.7 Å². The number of nitrogens with zero attached hydrogens (tertiary/aromatic N) is 6. The number of halogens is 1. The molecule has 0 atom stereocenters. The molecule has 8 nitrogen and oxygen atoms in total. The Morgan fingerprint density at radius 1 is 1.20 bits per heavy atom. The number of thiophene rings is 1. The van der Waals surface area contributed by atoms with Crippen LogP contribution >= 0.6 is 22.9 Å². The van der Waals surface area contributed by atoms with Crippen molar-refractivity contribution in [2.45, 2.75) is 0 Å². The molecule has 0 aliphatic carbocycles. The molecule has 1 aliphatic heterocycles. The number of aromatic nitrogens is 4. The second kappa shape index (κ2) is 7.82. The highest BCUT2D eigenvalue weighted by Crippen LogP contribution is 2.31. The third kappa shape index (κ3) is 3.28. The Labute approximate surface area is 181 Å². The Balaban J connectivity index is 1.61. The first-order valence-electron chi connectivity index (χ1n) is 9.55. The van der Waals surface area contributed by atoms with Gasteiger partial charge in [-0.3, -0.25) is 4.79 Å². The molecule has 1 amide bonds. The van der Waals surface area contributed by atoms with E-state index in [-0.39, 0.29) is 12.5 Å². The van der Waals surface area contributed by atoms with Gasteiger partial charge in [0, 0.05) is 43.7 Å². The van der Waals surface area contributed by atoms with Crippen LogP contribution in [-0.4, -0.2) is 70.3 Å². The van der Waals surface area contributed by atoms with E-state index < -0.39 is 0 Å². The second-order valence-electron chi connectivity index (χ2n) is 7.03. The summed E-state index contributed by atoms with van der Waals surface area (Å²) in [5.41, 5.74) is 1.51.